The summed E-state index contributed by atoms with van der Waals surface area (Å²) in [6.45, 7) is 0. The lowest BCUT2D eigenvalue weighted by Crippen LogP contribution is -2.31. The van der Waals surface area contributed by atoms with Crippen LogP contribution >= 0.6 is 0 Å². The van der Waals surface area contributed by atoms with Crippen molar-refractivity contribution in [1.82, 2.24) is 0 Å². The lowest BCUT2D eigenvalue weighted by atomic mass is 9.60. The first-order chi connectivity index (χ1) is 6.91. The summed E-state index contributed by atoms with van der Waals surface area (Å²) in [5.41, 5.74) is 4.63. The molecule has 0 heterocycles. The molecule has 0 heteroatoms. The maximum Gasteiger partial charge on any atom is -0.00823 e. The lowest BCUT2D eigenvalue weighted by molar-refractivity contribution is 0.240. The van der Waals surface area contributed by atoms with E-state index in [-0.39, 0.29) is 0 Å². The van der Waals surface area contributed by atoms with Gasteiger partial charge in [-0.2, -0.15) is 0 Å². The van der Waals surface area contributed by atoms with E-state index in [1.807, 2.05) is 11.1 Å². The molecule has 0 bridgehead atoms. The monoisotopic (exact) mass is 190 g/mol. The molecule has 0 unspecified atom stereocenters. The van der Waals surface area contributed by atoms with Crippen LogP contribution in [-0.4, -0.2) is 0 Å². The largest absolute Gasteiger partial charge is 0.0704 e. The van der Waals surface area contributed by atoms with Crippen molar-refractivity contribution >= 4 is 0 Å². The van der Waals surface area contributed by atoms with Gasteiger partial charge in [0.05, 0.1) is 0 Å². The Balaban J connectivity index is 1.83. The third-order valence-corrected chi connectivity index (χ3v) is 4.94. The summed E-state index contributed by atoms with van der Waals surface area (Å²) in [4.78, 5) is 0. The summed E-state index contributed by atoms with van der Waals surface area (Å²) in [6.07, 6.45) is 16.5. The molecular weight excluding hydrogens is 168 g/mol. The van der Waals surface area contributed by atoms with Crippen molar-refractivity contribution in [2.75, 3.05) is 0 Å². The van der Waals surface area contributed by atoms with Crippen LogP contribution in [0.25, 0.3) is 0 Å². The number of allylic oxidation sites excluding steroid dienone is 2. The molecule has 3 aliphatic carbocycles. The van der Waals surface area contributed by atoms with Crippen molar-refractivity contribution in [2.24, 2.45) is 5.41 Å². The smallest absolute Gasteiger partial charge is 0.00823 e. The van der Waals surface area contributed by atoms with E-state index in [0.717, 1.165) is 5.41 Å². The second-order valence-corrected chi connectivity index (χ2v) is 5.63. The Labute approximate surface area is 87.8 Å². The van der Waals surface area contributed by atoms with E-state index in [9.17, 15) is 0 Å². The molecule has 0 radical (unpaired) electrons. The van der Waals surface area contributed by atoms with E-state index >= 15 is 0 Å². The molecule has 3 rings (SSSR count). The van der Waals surface area contributed by atoms with Gasteiger partial charge in [0.1, 0.15) is 0 Å². The molecule has 0 aromatic heterocycles. The van der Waals surface area contributed by atoms with E-state index in [4.69, 9.17) is 0 Å². The van der Waals surface area contributed by atoms with Gasteiger partial charge in [-0.1, -0.05) is 30.4 Å². The molecule has 0 aromatic carbocycles. The summed E-state index contributed by atoms with van der Waals surface area (Å²) in [7, 11) is 0. The van der Waals surface area contributed by atoms with Gasteiger partial charge in [0.2, 0.25) is 0 Å². The number of hydrogen-bond donors (Lipinski definition) is 0. The third kappa shape index (κ3) is 1.26. The molecule has 1 spiro atoms. The van der Waals surface area contributed by atoms with E-state index in [2.05, 4.69) is 0 Å². The molecule has 0 atom stereocenters. The molecule has 0 aliphatic heterocycles. The molecule has 0 saturated heterocycles. The fraction of sp³-hybridized carbons (Fsp3) is 0.857. The first kappa shape index (κ1) is 9.00. The first-order valence-electron chi connectivity index (χ1n) is 6.62. The van der Waals surface area contributed by atoms with Crippen molar-refractivity contribution in [1.29, 1.82) is 0 Å². The predicted molar refractivity (Wildman–Crippen MR) is 60.2 cm³/mol. The topological polar surface area (TPSA) is 0 Å². The van der Waals surface area contributed by atoms with Gasteiger partial charge in [0.25, 0.3) is 0 Å². The van der Waals surface area contributed by atoms with Crippen LogP contribution in [0.4, 0.5) is 0 Å². The summed E-state index contributed by atoms with van der Waals surface area (Å²) in [5, 5.41) is 0. The fourth-order valence-corrected chi connectivity index (χ4v) is 4.04. The molecular formula is C14H22. The number of rotatable bonds is 0. The highest BCUT2D eigenvalue weighted by Gasteiger charge is 2.44. The van der Waals surface area contributed by atoms with Crippen molar-refractivity contribution in [3.63, 3.8) is 0 Å². The average Bonchev–Trinajstić information content (AvgIpc) is 2.68. The van der Waals surface area contributed by atoms with Crippen molar-refractivity contribution in [2.45, 2.75) is 70.6 Å². The van der Waals surface area contributed by atoms with Gasteiger partial charge in [-0.25, -0.2) is 0 Å². The molecule has 3 fully saturated rings. The standard InChI is InChI=1S/C14H22/c1-2-6-12(7-3-1)13-8-11-14(13)9-4-5-10-14/h1-11H2. The normalized spacial score (nSPS) is 30.9. The number of hydrogen-bond acceptors (Lipinski definition) is 0. The van der Waals surface area contributed by atoms with Crippen LogP contribution in [0.2, 0.25) is 0 Å². The van der Waals surface area contributed by atoms with Crippen LogP contribution < -0.4 is 0 Å². The second kappa shape index (κ2) is 3.40. The van der Waals surface area contributed by atoms with Crippen molar-refractivity contribution < 1.29 is 0 Å². The van der Waals surface area contributed by atoms with E-state index < -0.39 is 0 Å². The van der Waals surface area contributed by atoms with Crippen LogP contribution in [0.5, 0.6) is 0 Å². The lowest BCUT2D eigenvalue weighted by Gasteiger charge is -2.44. The fourth-order valence-electron chi connectivity index (χ4n) is 4.04. The van der Waals surface area contributed by atoms with E-state index in [1.165, 1.54) is 70.6 Å². The Morgan fingerprint density at radius 1 is 0.643 bits per heavy atom. The quantitative estimate of drug-likeness (QED) is 0.490. The van der Waals surface area contributed by atoms with E-state index in [1.54, 1.807) is 0 Å². The molecule has 0 amide bonds. The summed E-state index contributed by atoms with van der Waals surface area (Å²) in [5.74, 6) is 0. The van der Waals surface area contributed by atoms with Gasteiger partial charge in [-0.3, -0.25) is 0 Å². The van der Waals surface area contributed by atoms with Crippen molar-refractivity contribution in [3.05, 3.63) is 11.1 Å². The first-order valence-corrected chi connectivity index (χ1v) is 6.62. The highest BCUT2D eigenvalue weighted by Crippen LogP contribution is 2.59. The molecule has 0 aromatic rings. The maximum absolute atomic E-state index is 1.95. The Hall–Kier alpha value is -0.260. The summed E-state index contributed by atoms with van der Waals surface area (Å²) >= 11 is 0. The van der Waals surface area contributed by atoms with Crippen LogP contribution in [0.1, 0.15) is 70.6 Å². The highest BCUT2D eigenvalue weighted by molar-refractivity contribution is 5.31. The SMILES string of the molecule is C1CCC(=C2CCC23CCCC3)CC1. The van der Waals surface area contributed by atoms with Gasteiger partial charge >= 0.3 is 0 Å². The minimum absolute atomic E-state index is 0.771. The molecule has 78 valence electrons. The van der Waals surface area contributed by atoms with Crippen LogP contribution in [0.15, 0.2) is 11.1 Å². The Morgan fingerprint density at radius 3 is 1.93 bits per heavy atom. The second-order valence-electron chi connectivity index (χ2n) is 5.63. The predicted octanol–water partition coefficient (Wildman–Crippen LogP) is 4.60. The van der Waals surface area contributed by atoms with Crippen molar-refractivity contribution in [3.8, 4) is 0 Å². The zero-order valence-electron chi connectivity index (χ0n) is 9.28. The molecule has 14 heavy (non-hydrogen) atoms. The minimum Gasteiger partial charge on any atom is -0.0704 e. The molecule has 3 aliphatic rings. The summed E-state index contributed by atoms with van der Waals surface area (Å²) in [6, 6.07) is 0. The van der Waals surface area contributed by atoms with Crippen LogP contribution in [0, 0.1) is 5.41 Å². The van der Waals surface area contributed by atoms with Crippen LogP contribution in [-0.2, 0) is 0 Å². The summed E-state index contributed by atoms with van der Waals surface area (Å²) < 4.78 is 0. The zero-order valence-corrected chi connectivity index (χ0v) is 9.28. The maximum atomic E-state index is 1.95. The van der Waals surface area contributed by atoms with Gasteiger partial charge < -0.3 is 0 Å². The average molecular weight is 190 g/mol. The van der Waals surface area contributed by atoms with Crippen LogP contribution in [0.3, 0.4) is 0 Å². The van der Waals surface area contributed by atoms with Gasteiger partial charge in [-0.15, -0.1) is 0 Å². The Morgan fingerprint density at radius 2 is 1.36 bits per heavy atom. The zero-order chi connectivity index (χ0) is 9.43. The third-order valence-electron chi connectivity index (χ3n) is 4.94. The van der Waals surface area contributed by atoms with Gasteiger partial charge in [-0.05, 0) is 56.8 Å². The molecule has 0 nitrogen and oxygen atoms in total. The highest BCUT2D eigenvalue weighted by atomic mass is 14.5. The van der Waals surface area contributed by atoms with Gasteiger partial charge in [0, 0.05) is 0 Å². The minimum atomic E-state index is 0.771. The molecule has 3 saturated carbocycles. The Kier molecular flexibility index (Phi) is 2.18. The molecule has 0 N–H and O–H groups in total. The van der Waals surface area contributed by atoms with Gasteiger partial charge in [0.15, 0.2) is 0 Å². The Bertz CT molecular complexity index is 245. The van der Waals surface area contributed by atoms with E-state index in [0.29, 0.717) is 0 Å².